The zero-order valence-electron chi connectivity index (χ0n) is 18.2. The van der Waals surface area contributed by atoms with Crippen LogP contribution in [0.25, 0.3) is 0 Å². The predicted octanol–water partition coefficient (Wildman–Crippen LogP) is -2.32. The third-order valence-corrected chi connectivity index (χ3v) is 4.94. The highest BCUT2D eigenvalue weighted by Gasteiger charge is 2.32. The Morgan fingerprint density at radius 3 is 1.60 bits per heavy atom. The molecular formula is C20H26N4O10S. The second kappa shape index (κ2) is 13.8. The number of nitrogens with two attached hydrogens (primary N) is 1. The average Bonchev–Trinajstić information content (AvgIpc) is 2.77. The summed E-state index contributed by atoms with van der Waals surface area (Å²) in [5, 5.41) is 43.2. The van der Waals surface area contributed by atoms with Gasteiger partial charge in [0.05, 0.1) is 18.9 Å². The van der Waals surface area contributed by atoms with Crippen molar-refractivity contribution >= 4 is 48.3 Å². The molecule has 0 saturated carbocycles. The van der Waals surface area contributed by atoms with Crippen molar-refractivity contribution in [3.05, 3.63) is 29.8 Å². The first kappa shape index (κ1) is 29.2. The second-order valence-electron chi connectivity index (χ2n) is 7.38. The minimum Gasteiger partial charge on any atom is -0.508 e. The van der Waals surface area contributed by atoms with Gasteiger partial charge in [-0.3, -0.25) is 24.0 Å². The number of nitrogens with one attached hydrogen (secondary N) is 3. The lowest BCUT2D eigenvalue weighted by molar-refractivity contribution is -0.144. The quantitative estimate of drug-likeness (QED) is 0.119. The van der Waals surface area contributed by atoms with Crippen molar-refractivity contribution in [1.29, 1.82) is 0 Å². The van der Waals surface area contributed by atoms with Gasteiger partial charge in [0.1, 0.15) is 23.9 Å². The fourth-order valence-electron chi connectivity index (χ4n) is 2.74. The SMILES string of the molecule is NC(CS)C(=O)NC(CC(=O)O)C(=O)NC(CC(=O)O)C(=O)NC(Cc1ccc(O)cc1)C(=O)O. The third kappa shape index (κ3) is 10.3. The zero-order valence-corrected chi connectivity index (χ0v) is 19.1. The van der Waals surface area contributed by atoms with Crippen molar-refractivity contribution in [1.82, 2.24) is 16.0 Å². The average molecular weight is 515 g/mol. The number of aliphatic carboxylic acids is 3. The number of aromatic hydroxyl groups is 1. The van der Waals surface area contributed by atoms with E-state index in [2.05, 4.69) is 23.3 Å². The van der Waals surface area contributed by atoms with Crippen LogP contribution in [0.5, 0.6) is 5.75 Å². The number of carbonyl (C=O) groups is 6. The van der Waals surface area contributed by atoms with Gasteiger partial charge in [-0.15, -0.1) is 0 Å². The van der Waals surface area contributed by atoms with Gasteiger partial charge >= 0.3 is 17.9 Å². The van der Waals surface area contributed by atoms with Crippen LogP contribution < -0.4 is 21.7 Å². The standard InChI is InChI=1S/C20H26N4O10S/c21-11(8-35)17(30)22-12(6-15(26)27)18(31)23-13(7-16(28)29)19(32)24-14(20(33)34)5-9-1-3-10(25)4-2-9/h1-4,11-14,25,35H,5-8,21H2,(H,22,30)(H,23,31)(H,24,32)(H,26,27)(H,28,29)(H,33,34). The molecule has 0 aromatic heterocycles. The summed E-state index contributed by atoms with van der Waals surface area (Å²) >= 11 is 3.83. The minimum atomic E-state index is -1.80. The number of thiol groups is 1. The highest BCUT2D eigenvalue weighted by atomic mass is 32.1. The Bertz CT molecular complexity index is 956. The lowest BCUT2D eigenvalue weighted by atomic mass is 10.0. The lowest BCUT2D eigenvalue weighted by Crippen LogP contribution is -2.58. The summed E-state index contributed by atoms with van der Waals surface area (Å²) in [6, 6.07) is -0.749. The molecule has 15 heteroatoms. The maximum atomic E-state index is 12.7. The monoisotopic (exact) mass is 514 g/mol. The molecular weight excluding hydrogens is 488 g/mol. The van der Waals surface area contributed by atoms with Crippen LogP contribution in [0, 0.1) is 0 Å². The van der Waals surface area contributed by atoms with E-state index in [4.69, 9.17) is 15.9 Å². The molecule has 0 radical (unpaired) electrons. The molecule has 0 aliphatic carbocycles. The van der Waals surface area contributed by atoms with Gasteiger partial charge in [-0.2, -0.15) is 12.6 Å². The van der Waals surface area contributed by atoms with E-state index in [-0.39, 0.29) is 17.9 Å². The molecule has 1 rings (SSSR count). The Kier molecular flexibility index (Phi) is 11.5. The molecule has 35 heavy (non-hydrogen) atoms. The Morgan fingerprint density at radius 1 is 0.771 bits per heavy atom. The molecule has 0 heterocycles. The summed E-state index contributed by atoms with van der Waals surface area (Å²) in [6.07, 6.45) is -2.10. The molecule has 4 unspecified atom stereocenters. The maximum Gasteiger partial charge on any atom is 0.326 e. The summed E-state index contributed by atoms with van der Waals surface area (Å²) in [5.74, 6) is -7.90. The van der Waals surface area contributed by atoms with Crippen molar-refractivity contribution in [2.45, 2.75) is 43.4 Å². The molecule has 9 N–H and O–H groups in total. The van der Waals surface area contributed by atoms with E-state index in [0.29, 0.717) is 5.56 Å². The third-order valence-electron chi connectivity index (χ3n) is 4.55. The number of phenolic OH excluding ortho intramolecular Hbond substituents is 1. The van der Waals surface area contributed by atoms with E-state index in [9.17, 15) is 39.0 Å². The van der Waals surface area contributed by atoms with E-state index in [1.54, 1.807) is 0 Å². The number of hydrogen-bond acceptors (Lipinski definition) is 9. The van der Waals surface area contributed by atoms with Gasteiger partial charge in [0.15, 0.2) is 0 Å². The summed E-state index contributed by atoms with van der Waals surface area (Å²) in [7, 11) is 0. The Hall–Kier alpha value is -3.85. The molecule has 0 spiro atoms. The largest absolute Gasteiger partial charge is 0.508 e. The number of carbonyl (C=O) groups excluding carboxylic acids is 3. The van der Waals surface area contributed by atoms with Gasteiger partial charge in [0.2, 0.25) is 17.7 Å². The van der Waals surface area contributed by atoms with Gasteiger partial charge in [0.25, 0.3) is 0 Å². The van der Waals surface area contributed by atoms with Gasteiger partial charge in [0, 0.05) is 12.2 Å². The fraction of sp³-hybridized carbons (Fsp3) is 0.400. The van der Waals surface area contributed by atoms with Crippen LogP contribution in [-0.4, -0.2) is 86.0 Å². The molecule has 192 valence electrons. The first-order valence-corrected chi connectivity index (χ1v) is 10.7. The van der Waals surface area contributed by atoms with Crippen molar-refractivity contribution in [3.8, 4) is 5.75 Å². The Morgan fingerprint density at radius 2 is 1.20 bits per heavy atom. The molecule has 0 saturated heterocycles. The van der Waals surface area contributed by atoms with Crippen LogP contribution >= 0.6 is 12.6 Å². The van der Waals surface area contributed by atoms with Crippen molar-refractivity contribution in [2.24, 2.45) is 5.73 Å². The highest BCUT2D eigenvalue weighted by molar-refractivity contribution is 7.80. The van der Waals surface area contributed by atoms with Crippen LogP contribution in [-0.2, 0) is 35.2 Å². The van der Waals surface area contributed by atoms with Gasteiger partial charge < -0.3 is 42.1 Å². The molecule has 1 aromatic rings. The smallest absolute Gasteiger partial charge is 0.326 e. The van der Waals surface area contributed by atoms with Crippen molar-refractivity contribution < 1.29 is 49.2 Å². The van der Waals surface area contributed by atoms with E-state index in [0.717, 1.165) is 0 Å². The predicted molar refractivity (Wildman–Crippen MR) is 122 cm³/mol. The van der Waals surface area contributed by atoms with Crippen LogP contribution in [0.2, 0.25) is 0 Å². The summed E-state index contributed by atoms with van der Waals surface area (Å²) in [6.45, 7) is 0. The van der Waals surface area contributed by atoms with Crippen LogP contribution in [0.3, 0.4) is 0 Å². The number of hydrogen-bond donors (Lipinski definition) is 9. The number of amides is 3. The van der Waals surface area contributed by atoms with E-state index >= 15 is 0 Å². The molecule has 4 atom stereocenters. The molecule has 3 amide bonds. The number of rotatable bonds is 14. The summed E-state index contributed by atoms with van der Waals surface area (Å²) in [5.41, 5.74) is 5.92. The van der Waals surface area contributed by atoms with Crippen LogP contribution in [0.15, 0.2) is 24.3 Å². The minimum absolute atomic E-state index is 0.0628. The molecule has 0 bridgehead atoms. The molecule has 14 nitrogen and oxygen atoms in total. The van der Waals surface area contributed by atoms with E-state index in [1.165, 1.54) is 24.3 Å². The first-order valence-electron chi connectivity index (χ1n) is 10.1. The fourth-order valence-corrected chi connectivity index (χ4v) is 2.91. The highest BCUT2D eigenvalue weighted by Crippen LogP contribution is 2.12. The zero-order chi connectivity index (χ0) is 26.7. The van der Waals surface area contributed by atoms with E-state index < -0.39 is 72.6 Å². The molecule has 0 aliphatic heterocycles. The van der Waals surface area contributed by atoms with Crippen LogP contribution in [0.4, 0.5) is 0 Å². The molecule has 0 fully saturated rings. The Balaban J connectivity index is 3.03. The lowest BCUT2D eigenvalue weighted by Gasteiger charge is -2.24. The summed E-state index contributed by atoms with van der Waals surface area (Å²) < 4.78 is 0. The van der Waals surface area contributed by atoms with Gasteiger partial charge in [-0.05, 0) is 17.7 Å². The van der Waals surface area contributed by atoms with Crippen molar-refractivity contribution in [3.63, 3.8) is 0 Å². The number of benzene rings is 1. The van der Waals surface area contributed by atoms with Gasteiger partial charge in [-0.1, -0.05) is 12.1 Å². The second-order valence-corrected chi connectivity index (χ2v) is 7.74. The maximum absolute atomic E-state index is 12.7. The number of carboxylic acids is 3. The first-order chi connectivity index (χ1) is 16.3. The topological polar surface area (TPSA) is 245 Å². The molecule has 0 aliphatic rings. The van der Waals surface area contributed by atoms with Crippen LogP contribution in [0.1, 0.15) is 18.4 Å². The summed E-state index contributed by atoms with van der Waals surface area (Å²) in [4.78, 5) is 71.2. The van der Waals surface area contributed by atoms with Gasteiger partial charge in [-0.25, -0.2) is 4.79 Å². The normalized spacial score (nSPS) is 14.0. The number of phenols is 1. The number of carboxylic acid groups (broad SMARTS) is 3. The van der Waals surface area contributed by atoms with Crippen molar-refractivity contribution in [2.75, 3.05) is 5.75 Å². The Labute approximate surface area is 204 Å². The molecule has 1 aromatic carbocycles. The van der Waals surface area contributed by atoms with E-state index in [1.807, 2.05) is 5.32 Å².